The Morgan fingerprint density at radius 3 is 2.02 bits per heavy atom. The summed E-state index contributed by atoms with van der Waals surface area (Å²) < 4.78 is 15.3. The van der Waals surface area contributed by atoms with Gasteiger partial charge in [0.1, 0.15) is 23.6 Å². The van der Waals surface area contributed by atoms with Gasteiger partial charge in [-0.3, -0.25) is 4.79 Å². The van der Waals surface area contributed by atoms with E-state index in [9.17, 15) is 19.4 Å². The maximum atomic E-state index is 12.8. The zero-order chi connectivity index (χ0) is 38.4. The van der Waals surface area contributed by atoms with Crippen molar-refractivity contribution in [3.8, 4) is 22.6 Å². The van der Waals surface area contributed by atoms with E-state index in [1.54, 1.807) is 7.05 Å². The van der Waals surface area contributed by atoms with E-state index in [0.717, 1.165) is 36.7 Å². The van der Waals surface area contributed by atoms with Gasteiger partial charge in [0.2, 0.25) is 0 Å². The Hall–Kier alpha value is -4.82. The molecule has 0 saturated heterocycles. The van der Waals surface area contributed by atoms with Crippen molar-refractivity contribution in [3.05, 3.63) is 102 Å². The van der Waals surface area contributed by atoms with E-state index >= 15 is 0 Å². The largest absolute Gasteiger partial charge is 0.507 e. The molecule has 0 radical (unpaired) electrons. The highest BCUT2D eigenvalue weighted by Crippen LogP contribution is 2.39. The van der Waals surface area contributed by atoms with Crippen molar-refractivity contribution in [2.45, 2.75) is 74.8 Å². The van der Waals surface area contributed by atoms with E-state index in [1.807, 2.05) is 38.1 Å². The fraction of sp³-hybridized carbons (Fsp3) is 0.386. The Labute approximate surface area is 310 Å². The first-order chi connectivity index (χ1) is 24.9. The summed E-state index contributed by atoms with van der Waals surface area (Å²) in [6, 6.07) is 22.8. The first-order valence-electron chi connectivity index (χ1n) is 18.6. The monoisotopic (exact) mass is 710 g/mol. The van der Waals surface area contributed by atoms with Crippen LogP contribution in [0, 0.1) is 31.5 Å². The standard InChI is InChI=1S/C29H41N3O.C13H12FNO2.C2H6/c1-7-15-31(16-14-21(2)3)18-22(4)19-32-24(6)23(5)28-17-27(12-13-29(28)32)30-26-10-8-25(20-33)9-11-26;1-15-10-6-11(16)13(12(17)7-10)8-2-4-9(14)5-3-8;1-2/h8-13,17,20-22,30H,7,14-16,18-19H2,1-6H3;2-7,15-17H,1H3;1-2H3. The number of carbonyl (C=O) groups is 1. The molecule has 5 rings (SSSR count). The van der Waals surface area contributed by atoms with Gasteiger partial charge in [0.25, 0.3) is 0 Å². The summed E-state index contributed by atoms with van der Waals surface area (Å²) in [4.78, 5) is 13.5. The molecule has 7 nitrogen and oxygen atoms in total. The van der Waals surface area contributed by atoms with Crippen LogP contribution in [0.1, 0.15) is 76.0 Å². The van der Waals surface area contributed by atoms with Crippen LogP contribution in [0.2, 0.25) is 0 Å². The summed E-state index contributed by atoms with van der Waals surface area (Å²) in [6.07, 6.45) is 3.35. The fourth-order valence-electron chi connectivity index (χ4n) is 6.30. The first kappa shape index (κ1) is 41.6. The van der Waals surface area contributed by atoms with Crippen LogP contribution in [-0.2, 0) is 6.54 Å². The molecule has 280 valence electrons. The fourth-order valence-corrected chi connectivity index (χ4v) is 6.30. The number of halogens is 1. The number of aromatic hydroxyl groups is 2. The van der Waals surface area contributed by atoms with Crippen LogP contribution in [0.3, 0.4) is 0 Å². The molecular formula is C44H59FN4O3. The Kier molecular flexibility index (Phi) is 16.2. The summed E-state index contributed by atoms with van der Waals surface area (Å²) in [5.41, 5.74) is 8.21. The molecule has 8 heteroatoms. The van der Waals surface area contributed by atoms with Crippen LogP contribution in [0.15, 0.2) is 78.9 Å². The van der Waals surface area contributed by atoms with Crippen LogP contribution in [-0.4, -0.2) is 52.6 Å². The van der Waals surface area contributed by atoms with Gasteiger partial charge in [-0.2, -0.15) is 0 Å². The van der Waals surface area contributed by atoms with Crippen molar-refractivity contribution in [2.24, 2.45) is 11.8 Å². The molecule has 52 heavy (non-hydrogen) atoms. The number of aryl methyl sites for hydroxylation is 1. The number of phenolic OH excluding ortho intramolecular Hbond substituents is 2. The van der Waals surface area contributed by atoms with Gasteiger partial charge in [0.15, 0.2) is 0 Å². The summed E-state index contributed by atoms with van der Waals surface area (Å²) >= 11 is 0. The van der Waals surface area contributed by atoms with E-state index in [0.29, 0.717) is 28.3 Å². The van der Waals surface area contributed by atoms with E-state index in [2.05, 4.69) is 79.8 Å². The van der Waals surface area contributed by atoms with Crippen molar-refractivity contribution >= 4 is 34.3 Å². The predicted molar refractivity (Wildman–Crippen MR) is 218 cm³/mol. The highest BCUT2D eigenvalue weighted by Gasteiger charge is 2.17. The molecule has 0 spiro atoms. The summed E-state index contributed by atoms with van der Waals surface area (Å²) in [5, 5.41) is 27.3. The number of aromatic nitrogens is 1. The lowest BCUT2D eigenvalue weighted by molar-refractivity contribution is 0.112. The molecule has 0 fully saturated rings. The molecule has 0 bridgehead atoms. The maximum absolute atomic E-state index is 12.8. The summed E-state index contributed by atoms with van der Waals surface area (Å²) in [5.74, 6) is 0.872. The maximum Gasteiger partial charge on any atom is 0.150 e. The number of hydrogen-bond acceptors (Lipinski definition) is 6. The van der Waals surface area contributed by atoms with Crippen molar-refractivity contribution in [1.29, 1.82) is 0 Å². The summed E-state index contributed by atoms with van der Waals surface area (Å²) in [6.45, 7) is 22.3. The van der Waals surface area contributed by atoms with Crippen LogP contribution < -0.4 is 10.6 Å². The van der Waals surface area contributed by atoms with Crippen molar-refractivity contribution in [2.75, 3.05) is 37.3 Å². The number of hydrogen-bond donors (Lipinski definition) is 4. The average Bonchev–Trinajstić information content (AvgIpc) is 3.36. The predicted octanol–water partition coefficient (Wildman–Crippen LogP) is 11.2. The number of benzene rings is 4. The third-order valence-corrected chi connectivity index (χ3v) is 9.12. The minimum absolute atomic E-state index is 0.0547. The molecule has 0 aliphatic heterocycles. The van der Waals surface area contributed by atoms with Crippen molar-refractivity contribution in [3.63, 3.8) is 0 Å². The lowest BCUT2D eigenvalue weighted by Gasteiger charge is -2.27. The Bertz CT molecular complexity index is 1830. The second kappa shape index (κ2) is 20.3. The SMILES string of the molecule is CC.CCCN(CCC(C)C)CC(C)Cn1c(C)c(C)c2cc(Nc3ccc(C=O)cc3)ccc21.CNc1cc(O)c(-c2ccc(F)cc2)c(O)c1. The van der Waals surface area contributed by atoms with Gasteiger partial charge >= 0.3 is 0 Å². The smallest absolute Gasteiger partial charge is 0.150 e. The molecule has 4 aromatic carbocycles. The van der Waals surface area contributed by atoms with Gasteiger partial charge in [-0.05, 0) is 117 Å². The number of rotatable bonds is 14. The van der Waals surface area contributed by atoms with Gasteiger partial charge in [0, 0.05) is 71.5 Å². The topological polar surface area (TPSA) is 89.8 Å². The second-order valence-electron chi connectivity index (χ2n) is 13.7. The van der Waals surface area contributed by atoms with Crippen LogP contribution in [0.5, 0.6) is 11.5 Å². The zero-order valence-corrected chi connectivity index (χ0v) is 32.6. The van der Waals surface area contributed by atoms with Gasteiger partial charge in [-0.1, -0.05) is 53.7 Å². The van der Waals surface area contributed by atoms with E-state index < -0.39 is 0 Å². The summed E-state index contributed by atoms with van der Waals surface area (Å²) in [7, 11) is 1.69. The number of nitrogens with one attached hydrogen (secondary N) is 2. The molecule has 0 amide bonds. The van der Waals surface area contributed by atoms with Gasteiger partial charge in [-0.25, -0.2) is 4.39 Å². The second-order valence-corrected chi connectivity index (χ2v) is 13.7. The molecule has 0 aliphatic carbocycles. The van der Waals surface area contributed by atoms with Gasteiger partial charge in [0.05, 0.1) is 5.56 Å². The van der Waals surface area contributed by atoms with E-state index in [-0.39, 0.29) is 17.3 Å². The van der Waals surface area contributed by atoms with E-state index in [4.69, 9.17) is 0 Å². The highest BCUT2D eigenvalue weighted by atomic mass is 19.1. The number of carbonyl (C=O) groups excluding carboxylic acids is 1. The van der Waals surface area contributed by atoms with Crippen LogP contribution in [0.25, 0.3) is 22.0 Å². The quantitative estimate of drug-likeness (QED) is 0.0858. The number of fused-ring (bicyclic) bond motifs is 1. The van der Waals surface area contributed by atoms with Crippen LogP contribution >= 0.6 is 0 Å². The Morgan fingerprint density at radius 2 is 1.46 bits per heavy atom. The zero-order valence-electron chi connectivity index (χ0n) is 32.6. The minimum Gasteiger partial charge on any atom is -0.507 e. The van der Waals surface area contributed by atoms with Gasteiger partial charge in [-0.15, -0.1) is 0 Å². The first-order valence-corrected chi connectivity index (χ1v) is 18.6. The lowest BCUT2D eigenvalue weighted by atomic mass is 10.0. The molecule has 5 aromatic rings. The number of nitrogens with zero attached hydrogens (tertiary/aromatic N) is 2. The van der Waals surface area contributed by atoms with Crippen LogP contribution in [0.4, 0.5) is 21.5 Å². The number of anilines is 3. The molecule has 0 saturated carbocycles. The number of phenols is 2. The third-order valence-electron chi connectivity index (χ3n) is 9.12. The molecule has 4 N–H and O–H groups in total. The molecule has 0 aliphatic rings. The van der Waals surface area contributed by atoms with Gasteiger partial charge < -0.3 is 30.3 Å². The average molecular weight is 711 g/mol. The lowest BCUT2D eigenvalue weighted by Crippen LogP contribution is -2.32. The van der Waals surface area contributed by atoms with E-state index in [1.165, 1.54) is 84.5 Å². The highest BCUT2D eigenvalue weighted by molar-refractivity contribution is 5.89. The molecule has 1 heterocycles. The third kappa shape index (κ3) is 11.3. The molecule has 1 unspecified atom stereocenters. The molecular weight excluding hydrogens is 652 g/mol. The molecule has 1 aromatic heterocycles. The van der Waals surface area contributed by atoms with Crippen molar-refractivity contribution in [1.82, 2.24) is 9.47 Å². The number of aldehydes is 1. The normalized spacial score (nSPS) is 11.5. The Balaban J connectivity index is 0.000000321. The minimum atomic E-state index is -0.362. The molecule has 1 atom stereocenters. The van der Waals surface area contributed by atoms with Crippen molar-refractivity contribution < 1.29 is 19.4 Å². The Morgan fingerprint density at radius 1 is 0.846 bits per heavy atom.